The first-order chi connectivity index (χ1) is 11.2. The summed E-state index contributed by atoms with van der Waals surface area (Å²) in [6.07, 6.45) is 9.23. The summed E-state index contributed by atoms with van der Waals surface area (Å²) >= 11 is 0. The van der Waals surface area contributed by atoms with Gasteiger partial charge in [0.15, 0.2) is 0 Å². The zero-order valence-corrected chi connectivity index (χ0v) is 13.7. The van der Waals surface area contributed by atoms with Crippen LogP contribution in [0.5, 0.6) is 0 Å². The first-order valence-electron chi connectivity index (χ1n) is 7.94. The van der Waals surface area contributed by atoms with E-state index < -0.39 is 0 Å². The lowest BCUT2D eigenvalue weighted by Gasteiger charge is -2.33. The number of hydrogen-bond donors (Lipinski definition) is 1. The van der Waals surface area contributed by atoms with Gasteiger partial charge in [0.05, 0.1) is 5.69 Å². The fraction of sp³-hybridized carbons (Fsp3) is 0.500. The van der Waals surface area contributed by atoms with Crippen LogP contribution in [0.15, 0.2) is 31.0 Å². The number of nitrogens with zero attached hydrogens (tertiary/aromatic N) is 6. The normalized spacial score (nSPS) is 18.6. The van der Waals surface area contributed by atoms with Crippen molar-refractivity contribution in [2.45, 2.75) is 25.4 Å². The lowest BCUT2D eigenvalue weighted by Crippen LogP contribution is -2.41. The van der Waals surface area contributed by atoms with Gasteiger partial charge in [0.1, 0.15) is 18.0 Å². The number of nitrogens with one attached hydrogen (secondary N) is 1. The Morgan fingerprint density at radius 1 is 1.26 bits per heavy atom. The predicted octanol–water partition coefficient (Wildman–Crippen LogP) is 1.41. The highest BCUT2D eigenvalue weighted by Gasteiger charge is 2.20. The van der Waals surface area contributed by atoms with E-state index in [0.29, 0.717) is 6.04 Å². The zero-order chi connectivity index (χ0) is 16.1. The van der Waals surface area contributed by atoms with Crippen molar-refractivity contribution in [3.05, 3.63) is 36.7 Å². The second-order valence-corrected chi connectivity index (χ2v) is 6.07. The average Bonchev–Trinajstić information content (AvgIpc) is 2.56. The first kappa shape index (κ1) is 15.6. The van der Waals surface area contributed by atoms with Gasteiger partial charge in [-0.1, -0.05) is 0 Å². The van der Waals surface area contributed by atoms with Crippen molar-refractivity contribution in [3.63, 3.8) is 0 Å². The summed E-state index contributed by atoms with van der Waals surface area (Å²) in [6, 6.07) is 2.38. The number of anilines is 2. The summed E-state index contributed by atoms with van der Waals surface area (Å²) in [5.41, 5.74) is 1.02. The summed E-state index contributed by atoms with van der Waals surface area (Å²) in [4.78, 5) is 21.5. The molecule has 7 heteroatoms. The van der Waals surface area contributed by atoms with E-state index in [1.807, 2.05) is 31.3 Å². The molecule has 1 aliphatic rings. The van der Waals surface area contributed by atoms with Gasteiger partial charge in [0.25, 0.3) is 0 Å². The highest BCUT2D eigenvalue weighted by molar-refractivity contribution is 5.47. The molecule has 1 atom stereocenters. The van der Waals surface area contributed by atoms with Crippen LogP contribution in [-0.2, 0) is 6.54 Å². The molecule has 0 radical (unpaired) electrons. The fourth-order valence-corrected chi connectivity index (χ4v) is 2.84. The van der Waals surface area contributed by atoms with E-state index in [-0.39, 0.29) is 0 Å². The van der Waals surface area contributed by atoms with Crippen LogP contribution in [0, 0.1) is 0 Å². The maximum Gasteiger partial charge on any atom is 0.133 e. The Morgan fingerprint density at radius 3 is 2.96 bits per heavy atom. The largest absolute Gasteiger partial charge is 0.366 e. The number of piperidine rings is 1. The van der Waals surface area contributed by atoms with E-state index in [1.165, 1.54) is 6.42 Å². The van der Waals surface area contributed by atoms with Gasteiger partial charge >= 0.3 is 0 Å². The molecular weight excluding hydrogens is 290 g/mol. The van der Waals surface area contributed by atoms with Crippen LogP contribution in [0.4, 0.5) is 11.6 Å². The van der Waals surface area contributed by atoms with Crippen molar-refractivity contribution in [1.82, 2.24) is 24.8 Å². The molecule has 1 unspecified atom stereocenters. The van der Waals surface area contributed by atoms with Gasteiger partial charge in [-0.2, -0.15) is 0 Å². The predicted molar refractivity (Wildman–Crippen MR) is 90.3 cm³/mol. The summed E-state index contributed by atoms with van der Waals surface area (Å²) in [5, 5.41) is 3.54. The second kappa shape index (κ2) is 7.32. The summed E-state index contributed by atoms with van der Waals surface area (Å²) in [6.45, 7) is 2.93. The molecule has 0 aromatic carbocycles. The summed E-state index contributed by atoms with van der Waals surface area (Å²) in [7, 11) is 3.96. The quantitative estimate of drug-likeness (QED) is 0.895. The minimum atomic E-state index is 0.394. The molecule has 23 heavy (non-hydrogen) atoms. The third-order valence-electron chi connectivity index (χ3n) is 3.97. The maximum atomic E-state index is 4.36. The Labute approximate surface area is 136 Å². The summed E-state index contributed by atoms with van der Waals surface area (Å²) in [5.74, 6) is 1.80. The monoisotopic (exact) mass is 313 g/mol. The van der Waals surface area contributed by atoms with E-state index in [1.54, 1.807) is 18.7 Å². The first-order valence-corrected chi connectivity index (χ1v) is 7.94. The second-order valence-electron chi connectivity index (χ2n) is 6.07. The standard InChI is InChI=1S/C16H23N7/c1-22(2)16-8-15(19-12-20-16)21-13-4-3-7-23(10-13)11-14-9-17-5-6-18-14/h5-6,8-9,12-13H,3-4,7,10-11H2,1-2H3,(H,19,20,21). The van der Waals surface area contributed by atoms with Crippen molar-refractivity contribution in [3.8, 4) is 0 Å². The molecule has 0 bridgehead atoms. The minimum absolute atomic E-state index is 0.394. The third-order valence-corrected chi connectivity index (χ3v) is 3.97. The van der Waals surface area contributed by atoms with E-state index in [4.69, 9.17) is 0 Å². The molecule has 0 saturated carbocycles. The van der Waals surface area contributed by atoms with Gasteiger partial charge in [0, 0.05) is 57.9 Å². The molecule has 1 aliphatic heterocycles. The van der Waals surface area contributed by atoms with Crippen LogP contribution >= 0.6 is 0 Å². The molecular formula is C16H23N7. The Hall–Kier alpha value is -2.28. The van der Waals surface area contributed by atoms with Crippen molar-refractivity contribution in [1.29, 1.82) is 0 Å². The number of hydrogen-bond acceptors (Lipinski definition) is 7. The molecule has 7 nitrogen and oxygen atoms in total. The molecule has 2 aromatic heterocycles. The Balaban J connectivity index is 1.59. The lowest BCUT2D eigenvalue weighted by molar-refractivity contribution is 0.206. The molecule has 0 spiro atoms. The molecule has 122 valence electrons. The van der Waals surface area contributed by atoms with Gasteiger partial charge in [-0.25, -0.2) is 9.97 Å². The maximum absolute atomic E-state index is 4.36. The van der Waals surface area contributed by atoms with Crippen LogP contribution in [0.25, 0.3) is 0 Å². The molecule has 1 saturated heterocycles. The molecule has 0 aliphatic carbocycles. The van der Waals surface area contributed by atoms with Crippen LogP contribution in [0.2, 0.25) is 0 Å². The highest BCUT2D eigenvalue weighted by Crippen LogP contribution is 2.18. The molecule has 1 fully saturated rings. The zero-order valence-electron chi connectivity index (χ0n) is 13.7. The number of rotatable bonds is 5. The van der Waals surface area contributed by atoms with E-state index in [0.717, 1.165) is 43.4 Å². The van der Waals surface area contributed by atoms with E-state index >= 15 is 0 Å². The fourth-order valence-electron chi connectivity index (χ4n) is 2.84. The van der Waals surface area contributed by atoms with Gasteiger partial charge < -0.3 is 10.2 Å². The van der Waals surface area contributed by atoms with Crippen molar-refractivity contribution in [2.24, 2.45) is 0 Å². The molecule has 3 rings (SSSR count). The lowest BCUT2D eigenvalue weighted by atomic mass is 10.1. The van der Waals surface area contributed by atoms with Crippen molar-refractivity contribution < 1.29 is 0 Å². The van der Waals surface area contributed by atoms with E-state index in [2.05, 4.69) is 30.2 Å². The molecule has 2 aromatic rings. The van der Waals surface area contributed by atoms with Gasteiger partial charge in [0.2, 0.25) is 0 Å². The topological polar surface area (TPSA) is 70.1 Å². The van der Waals surface area contributed by atoms with Crippen LogP contribution in [0.3, 0.4) is 0 Å². The van der Waals surface area contributed by atoms with Crippen LogP contribution < -0.4 is 10.2 Å². The Bertz CT molecular complexity index is 617. The molecule has 3 heterocycles. The van der Waals surface area contributed by atoms with Crippen molar-refractivity contribution >= 4 is 11.6 Å². The minimum Gasteiger partial charge on any atom is -0.366 e. The Kier molecular flexibility index (Phi) is 4.97. The van der Waals surface area contributed by atoms with Gasteiger partial charge in [-0.15, -0.1) is 0 Å². The number of aromatic nitrogens is 4. The summed E-state index contributed by atoms with van der Waals surface area (Å²) < 4.78 is 0. The van der Waals surface area contributed by atoms with Crippen LogP contribution in [-0.4, -0.2) is 58.1 Å². The van der Waals surface area contributed by atoms with Gasteiger partial charge in [-0.3, -0.25) is 14.9 Å². The van der Waals surface area contributed by atoms with Crippen molar-refractivity contribution in [2.75, 3.05) is 37.4 Å². The van der Waals surface area contributed by atoms with E-state index in [9.17, 15) is 0 Å². The number of likely N-dealkylation sites (tertiary alicyclic amines) is 1. The molecule has 1 N–H and O–H groups in total. The third kappa shape index (κ3) is 4.35. The molecule has 0 amide bonds. The Morgan fingerprint density at radius 2 is 2.17 bits per heavy atom. The average molecular weight is 313 g/mol. The highest BCUT2D eigenvalue weighted by atomic mass is 15.2. The van der Waals surface area contributed by atoms with Gasteiger partial charge in [-0.05, 0) is 19.4 Å². The smallest absolute Gasteiger partial charge is 0.133 e. The SMILES string of the molecule is CN(C)c1cc(NC2CCCN(Cc3cnccn3)C2)ncn1. The van der Waals surface area contributed by atoms with Crippen LogP contribution in [0.1, 0.15) is 18.5 Å².